The molecule has 0 N–H and O–H groups in total. The molecule has 1 unspecified atom stereocenters. The van der Waals surface area contributed by atoms with E-state index in [0.717, 1.165) is 31.6 Å². The van der Waals surface area contributed by atoms with Crippen LogP contribution < -0.4 is 0 Å². The smallest absolute Gasteiger partial charge is 0.335 e. The molecule has 1 atom stereocenters. The number of carbonyl (C=O) groups excluding carboxylic acids is 2. The molecule has 0 bridgehead atoms. The SMILES string of the molecule is C=C(C)C(=O)OC(C)OCCCC.C=CC(=O)OCCCCCCCC(C)C. The van der Waals surface area contributed by atoms with Gasteiger partial charge >= 0.3 is 11.9 Å². The summed E-state index contributed by atoms with van der Waals surface area (Å²) < 4.78 is 15.0. The van der Waals surface area contributed by atoms with Crippen molar-refractivity contribution in [3.05, 3.63) is 24.8 Å². The van der Waals surface area contributed by atoms with E-state index in [-0.39, 0.29) is 5.97 Å². The molecule has 0 aromatic carbocycles. The van der Waals surface area contributed by atoms with Crippen molar-refractivity contribution in [2.75, 3.05) is 13.2 Å². The molecule has 0 aliphatic rings. The van der Waals surface area contributed by atoms with E-state index in [2.05, 4.69) is 33.9 Å². The molecule has 164 valence electrons. The highest BCUT2D eigenvalue weighted by molar-refractivity contribution is 5.86. The zero-order chi connectivity index (χ0) is 21.8. The lowest BCUT2D eigenvalue weighted by molar-refractivity contribution is -0.170. The molecule has 0 amide bonds. The van der Waals surface area contributed by atoms with Crippen LogP contribution in [0.15, 0.2) is 24.8 Å². The van der Waals surface area contributed by atoms with E-state index in [1.54, 1.807) is 13.8 Å². The number of rotatable bonds is 15. The number of carbonyl (C=O) groups is 2. The van der Waals surface area contributed by atoms with Crippen LogP contribution in [-0.4, -0.2) is 31.4 Å². The summed E-state index contributed by atoms with van der Waals surface area (Å²) in [5, 5.41) is 0. The van der Waals surface area contributed by atoms with E-state index < -0.39 is 12.3 Å². The second-order valence-corrected chi connectivity index (χ2v) is 7.30. The molecule has 0 aliphatic heterocycles. The second-order valence-electron chi connectivity index (χ2n) is 7.30. The quantitative estimate of drug-likeness (QED) is 0.147. The highest BCUT2D eigenvalue weighted by Crippen LogP contribution is 2.10. The average Bonchev–Trinajstić information content (AvgIpc) is 2.64. The van der Waals surface area contributed by atoms with Gasteiger partial charge in [-0.3, -0.25) is 0 Å². The first-order valence-electron chi connectivity index (χ1n) is 10.5. The molecule has 5 nitrogen and oxygen atoms in total. The molecule has 0 fully saturated rings. The molecule has 0 saturated heterocycles. The molecule has 5 heteroatoms. The first-order chi connectivity index (χ1) is 13.2. The highest BCUT2D eigenvalue weighted by atomic mass is 16.7. The Balaban J connectivity index is 0. The molecule has 0 rings (SSSR count). The molecular formula is C23H42O5. The van der Waals surface area contributed by atoms with Crippen molar-refractivity contribution in [2.24, 2.45) is 5.92 Å². The van der Waals surface area contributed by atoms with Gasteiger partial charge in [0.25, 0.3) is 0 Å². The van der Waals surface area contributed by atoms with Crippen molar-refractivity contribution in [3.63, 3.8) is 0 Å². The van der Waals surface area contributed by atoms with Crippen LogP contribution in [0.4, 0.5) is 0 Å². The molecular weight excluding hydrogens is 356 g/mol. The lowest BCUT2D eigenvalue weighted by atomic mass is 10.0. The first kappa shape index (κ1) is 28.6. The summed E-state index contributed by atoms with van der Waals surface area (Å²) >= 11 is 0. The van der Waals surface area contributed by atoms with E-state index in [0.29, 0.717) is 18.8 Å². The lowest BCUT2D eigenvalue weighted by Crippen LogP contribution is -2.18. The predicted octanol–water partition coefficient (Wildman–Crippen LogP) is 5.98. The van der Waals surface area contributed by atoms with Gasteiger partial charge in [-0.05, 0) is 32.6 Å². The zero-order valence-corrected chi connectivity index (χ0v) is 18.8. The van der Waals surface area contributed by atoms with Gasteiger partial charge in [-0.25, -0.2) is 9.59 Å². The Morgan fingerprint density at radius 2 is 1.57 bits per heavy atom. The van der Waals surface area contributed by atoms with Crippen LogP contribution in [0.3, 0.4) is 0 Å². The van der Waals surface area contributed by atoms with Gasteiger partial charge in [0.05, 0.1) is 13.2 Å². The van der Waals surface area contributed by atoms with E-state index >= 15 is 0 Å². The van der Waals surface area contributed by atoms with E-state index in [9.17, 15) is 9.59 Å². The Labute approximate surface area is 172 Å². The molecule has 0 radical (unpaired) electrons. The van der Waals surface area contributed by atoms with Crippen molar-refractivity contribution >= 4 is 11.9 Å². The minimum atomic E-state index is -0.476. The topological polar surface area (TPSA) is 61.8 Å². The fourth-order valence-electron chi connectivity index (χ4n) is 2.10. The van der Waals surface area contributed by atoms with Crippen molar-refractivity contribution < 1.29 is 23.8 Å². The highest BCUT2D eigenvalue weighted by Gasteiger charge is 2.09. The Hall–Kier alpha value is -1.62. The second kappa shape index (κ2) is 20.1. The van der Waals surface area contributed by atoms with Gasteiger partial charge < -0.3 is 14.2 Å². The third-order valence-electron chi connectivity index (χ3n) is 3.81. The molecule has 0 aliphatic carbocycles. The molecule has 0 heterocycles. The van der Waals surface area contributed by atoms with Crippen molar-refractivity contribution in [1.82, 2.24) is 0 Å². The van der Waals surface area contributed by atoms with Gasteiger partial charge in [0.2, 0.25) is 0 Å². The van der Waals surface area contributed by atoms with Crippen LogP contribution in [0.25, 0.3) is 0 Å². The van der Waals surface area contributed by atoms with Crippen molar-refractivity contribution in [1.29, 1.82) is 0 Å². The number of unbranched alkanes of at least 4 members (excludes halogenated alkanes) is 5. The number of hydrogen-bond donors (Lipinski definition) is 0. The maximum Gasteiger partial charge on any atom is 0.335 e. The minimum absolute atomic E-state index is 0.310. The number of hydrogen-bond acceptors (Lipinski definition) is 5. The average molecular weight is 399 g/mol. The van der Waals surface area contributed by atoms with E-state index in [1.807, 2.05) is 0 Å². The standard InChI is InChI=1S/C13H24O2.C10H18O3/c1-4-13(14)15-11-9-7-5-6-8-10-12(2)3;1-5-6-7-12-9(4)13-10(11)8(2)3/h4,12H,1,5-11H2,2-3H3;9H,2,5-7H2,1,3-4H3. The summed E-state index contributed by atoms with van der Waals surface area (Å²) in [4.78, 5) is 21.7. The molecule has 0 aromatic rings. The van der Waals surface area contributed by atoms with Gasteiger partial charge in [-0.15, -0.1) is 0 Å². The predicted molar refractivity (Wildman–Crippen MR) is 115 cm³/mol. The number of esters is 2. The van der Waals surface area contributed by atoms with Gasteiger partial charge in [-0.1, -0.05) is 72.5 Å². The Kier molecular flexibility index (Phi) is 20.5. The summed E-state index contributed by atoms with van der Waals surface area (Å²) in [6.45, 7) is 17.9. The summed E-state index contributed by atoms with van der Waals surface area (Å²) in [7, 11) is 0. The molecule has 0 aromatic heterocycles. The first-order valence-corrected chi connectivity index (χ1v) is 10.5. The normalized spacial score (nSPS) is 11.2. The van der Waals surface area contributed by atoms with Crippen LogP contribution in [0.5, 0.6) is 0 Å². The maximum atomic E-state index is 11.0. The maximum absolute atomic E-state index is 11.0. The third-order valence-corrected chi connectivity index (χ3v) is 3.81. The van der Waals surface area contributed by atoms with Crippen molar-refractivity contribution in [3.8, 4) is 0 Å². The summed E-state index contributed by atoms with van der Waals surface area (Å²) in [6, 6.07) is 0. The Morgan fingerprint density at radius 3 is 2.11 bits per heavy atom. The summed E-state index contributed by atoms with van der Waals surface area (Å²) in [6.07, 6.45) is 10.1. The summed E-state index contributed by atoms with van der Waals surface area (Å²) in [5.74, 6) is 0.109. The monoisotopic (exact) mass is 398 g/mol. The Morgan fingerprint density at radius 1 is 0.964 bits per heavy atom. The molecule has 28 heavy (non-hydrogen) atoms. The van der Waals surface area contributed by atoms with Gasteiger partial charge in [-0.2, -0.15) is 0 Å². The molecule has 0 spiro atoms. The third kappa shape index (κ3) is 22.4. The van der Waals surface area contributed by atoms with Crippen LogP contribution in [0.1, 0.15) is 86.0 Å². The van der Waals surface area contributed by atoms with Crippen LogP contribution in [0.2, 0.25) is 0 Å². The Bertz CT molecular complexity index is 429. The lowest BCUT2D eigenvalue weighted by Gasteiger charge is -2.13. The van der Waals surface area contributed by atoms with Gasteiger partial charge in [0.15, 0.2) is 6.29 Å². The van der Waals surface area contributed by atoms with E-state index in [4.69, 9.17) is 14.2 Å². The minimum Gasteiger partial charge on any atom is -0.463 e. The van der Waals surface area contributed by atoms with Crippen molar-refractivity contribution in [2.45, 2.75) is 92.3 Å². The van der Waals surface area contributed by atoms with Gasteiger partial charge in [0.1, 0.15) is 0 Å². The molecule has 0 saturated carbocycles. The zero-order valence-electron chi connectivity index (χ0n) is 18.8. The van der Waals surface area contributed by atoms with Crippen LogP contribution in [0, 0.1) is 5.92 Å². The fourth-order valence-corrected chi connectivity index (χ4v) is 2.10. The van der Waals surface area contributed by atoms with E-state index in [1.165, 1.54) is 31.8 Å². The number of ether oxygens (including phenoxy) is 3. The van der Waals surface area contributed by atoms with Crippen LogP contribution >= 0.6 is 0 Å². The van der Waals surface area contributed by atoms with Crippen LogP contribution in [-0.2, 0) is 23.8 Å². The summed E-state index contributed by atoms with van der Waals surface area (Å²) in [5.41, 5.74) is 0.394. The largest absolute Gasteiger partial charge is 0.463 e. The fraction of sp³-hybridized carbons (Fsp3) is 0.739. The van der Waals surface area contributed by atoms with Gasteiger partial charge in [0, 0.05) is 11.6 Å².